The van der Waals surface area contributed by atoms with Gasteiger partial charge in [-0.25, -0.2) is 0 Å². The molecule has 0 bridgehead atoms. The average Bonchev–Trinajstić information content (AvgIpc) is 3.18. The summed E-state index contributed by atoms with van der Waals surface area (Å²) in [6.07, 6.45) is 0.793. The van der Waals surface area contributed by atoms with Gasteiger partial charge in [-0.2, -0.15) is 0 Å². The topological polar surface area (TPSA) is 75.2 Å². The molecule has 2 aromatic rings. The lowest BCUT2D eigenvalue weighted by molar-refractivity contribution is 0.0963. The van der Waals surface area contributed by atoms with Crippen LogP contribution in [0.5, 0.6) is 11.5 Å². The van der Waals surface area contributed by atoms with E-state index in [9.17, 15) is 4.79 Å². The first kappa shape index (κ1) is 22.8. The van der Waals surface area contributed by atoms with Crippen molar-refractivity contribution in [2.45, 2.75) is 13.0 Å². The lowest BCUT2D eigenvalue weighted by atomic mass is 10.1. The standard InChI is InChI=1S/C21H26N4O3.HI/c1-22-20(26)17-6-4-5-15(11-17)9-10-24-21(23-2)25(3)13-16-7-8-18-19(12-16)28-14-27-18;/h4-8,11-12H,9-10,13-14H2,1-3H3,(H,22,26)(H,23,24);1H. The van der Waals surface area contributed by atoms with Gasteiger partial charge in [-0.15, -0.1) is 24.0 Å². The summed E-state index contributed by atoms with van der Waals surface area (Å²) in [7, 11) is 5.40. The second-order valence-corrected chi connectivity index (χ2v) is 6.55. The zero-order chi connectivity index (χ0) is 19.9. The third kappa shape index (κ3) is 5.99. The van der Waals surface area contributed by atoms with Gasteiger partial charge in [0.25, 0.3) is 5.91 Å². The zero-order valence-corrected chi connectivity index (χ0v) is 19.2. The largest absolute Gasteiger partial charge is 0.454 e. The number of nitrogens with one attached hydrogen (secondary N) is 2. The van der Waals surface area contributed by atoms with Crippen LogP contribution in [0.15, 0.2) is 47.5 Å². The van der Waals surface area contributed by atoms with E-state index < -0.39 is 0 Å². The molecule has 8 heteroatoms. The summed E-state index contributed by atoms with van der Waals surface area (Å²) in [6, 6.07) is 13.6. The van der Waals surface area contributed by atoms with Crippen molar-refractivity contribution < 1.29 is 14.3 Å². The van der Waals surface area contributed by atoms with Gasteiger partial charge in [0, 0.05) is 39.8 Å². The highest BCUT2D eigenvalue weighted by Crippen LogP contribution is 2.32. The molecule has 0 aliphatic carbocycles. The number of rotatable bonds is 6. The Balaban J connectivity index is 0.00000300. The number of carbonyl (C=O) groups is 1. The number of amides is 1. The Morgan fingerprint density at radius 2 is 1.93 bits per heavy atom. The Morgan fingerprint density at radius 3 is 2.69 bits per heavy atom. The monoisotopic (exact) mass is 510 g/mol. The number of carbonyl (C=O) groups excluding carboxylic acids is 1. The van der Waals surface area contributed by atoms with Crippen molar-refractivity contribution in [1.82, 2.24) is 15.5 Å². The van der Waals surface area contributed by atoms with Crippen LogP contribution in [0.3, 0.4) is 0 Å². The molecule has 0 radical (unpaired) electrons. The third-order valence-corrected chi connectivity index (χ3v) is 4.54. The molecule has 1 aliphatic heterocycles. The molecule has 2 N–H and O–H groups in total. The molecule has 3 rings (SSSR count). The van der Waals surface area contributed by atoms with Crippen LogP contribution in [-0.2, 0) is 13.0 Å². The van der Waals surface area contributed by atoms with Gasteiger partial charge in [0.15, 0.2) is 17.5 Å². The van der Waals surface area contributed by atoms with Gasteiger partial charge >= 0.3 is 0 Å². The van der Waals surface area contributed by atoms with E-state index in [2.05, 4.69) is 20.5 Å². The molecule has 0 unspecified atom stereocenters. The molecule has 1 aliphatic rings. The number of benzene rings is 2. The number of hydrogen-bond acceptors (Lipinski definition) is 4. The summed E-state index contributed by atoms with van der Waals surface area (Å²) in [4.78, 5) is 18.2. The summed E-state index contributed by atoms with van der Waals surface area (Å²) in [5.41, 5.74) is 2.89. The van der Waals surface area contributed by atoms with Crippen LogP contribution in [0.4, 0.5) is 0 Å². The highest BCUT2D eigenvalue weighted by atomic mass is 127. The number of hydrogen-bond donors (Lipinski definition) is 2. The lowest BCUT2D eigenvalue weighted by Gasteiger charge is -2.22. The molecule has 0 aromatic heterocycles. The molecule has 0 fully saturated rings. The average molecular weight is 510 g/mol. The van der Waals surface area contributed by atoms with Crippen molar-refractivity contribution in [3.8, 4) is 11.5 Å². The smallest absolute Gasteiger partial charge is 0.251 e. The van der Waals surface area contributed by atoms with E-state index in [4.69, 9.17) is 9.47 Å². The molecule has 2 aromatic carbocycles. The highest BCUT2D eigenvalue weighted by Gasteiger charge is 2.14. The van der Waals surface area contributed by atoms with E-state index in [0.29, 0.717) is 12.1 Å². The molecule has 1 amide bonds. The maximum atomic E-state index is 11.8. The van der Waals surface area contributed by atoms with Crippen molar-refractivity contribution in [2.24, 2.45) is 4.99 Å². The second-order valence-electron chi connectivity index (χ2n) is 6.55. The van der Waals surface area contributed by atoms with Crippen LogP contribution in [0.2, 0.25) is 0 Å². The second kappa shape index (κ2) is 10.9. The van der Waals surface area contributed by atoms with E-state index in [-0.39, 0.29) is 36.7 Å². The van der Waals surface area contributed by atoms with Gasteiger partial charge in [0.1, 0.15) is 0 Å². The molecule has 1 heterocycles. The Morgan fingerprint density at radius 1 is 1.14 bits per heavy atom. The van der Waals surface area contributed by atoms with Gasteiger partial charge in [0.2, 0.25) is 6.79 Å². The van der Waals surface area contributed by atoms with Crippen molar-refractivity contribution >= 4 is 35.8 Å². The SMILES string of the molecule is CN=C(NCCc1cccc(C(=O)NC)c1)N(C)Cc1ccc2c(c1)OCO2.I. The molecule has 0 saturated heterocycles. The summed E-state index contributed by atoms with van der Waals surface area (Å²) < 4.78 is 10.8. The normalized spacial score (nSPS) is 12.2. The molecule has 29 heavy (non-hydrogen) atoms. The Bertz CT molecular complexity index is 873. The fourth-order valence-electron chi connectivity index (χ4n) is 3.10. The molecule has 0 saturated carbocycles. The van der Waals surface area contributed by atoms with E-state index in [1.807, 2.05) is 49.5 Å². The van der Waals surface area contributed by atoms with Crippen LogP contribution in [0, 0.1) is 0 Å². The van der Waals surface area contributed by atoms with Gasteiger partial charge in [-0.05, 0) is 41.8 Å². The Labute approximate surface area is 188 Å². The van der Waals surface area contributed by atoms with Crippen LogP contribution in [-0.4, -0.2) is 51.2 Å². The van der Waals surface area contributed by atoms with E-state index in [1.165, 1.54) is 0 Å². The molecule has 0 spiro atoms. The lowest BCUT2D eigenvalue weighted by Crippen LogP contribution is -2.39. The van der Waals surface area contributed by atoms with Crippen molar-refractivity contribution in [3.63, 3.8) is 0 Å². The summed E-state index contributed by atoms with van der Waals surface area (Å²) in [5.74, 6) is 2.30. The minimum absolute atomic E-state index is 0. The molecular weight excluding hydrogens is 483 g/mol. The minimum Gasteiger partial charge on any atom is -0.454 e. The van der Waals surface area contributed by atoms with Crippen LogP contribution in [0.1, 0.15) is 21.5 Å². The van der Waals surface area contributed by atoms with Gasteiger partial charge in [0.05, 0.1) is 0 Å². The van der Waals surface area contributed by atoms with Gasteiger partial charge in [-0.1, -0.05) is 18.2 Å². The summed E-state index contributed by atoms with van der Waals surface area (Å²) in [5, 5.41) is 6.02. The third-order valence-electron chi connectivity index (χ3n) is 4.54. The molecular formula is C21H27IN4O3. The van der Waals surface area contributed by atoms with E-state index in [1.54, 1.807) is 14.1 Å². The number of guanidine groups is 1. The van der Waals surface area contributed by atoms with Crippen molar-refractivity contribution in [1.29, 1.82) is 0 Å². The number of ether oxygens (including phenoxy) is 2. The predicted octanol–water partition coefficient (Wildman–Crippen LogP) is 2.64. The molecule has 0 atom stereocenters. The first-order chi connectivity index (χ1) is 13.6. The Kier molecular flexibility index (Phi) is 8.56. The van der Waals surface area contributed by atoms with E-state index in [0.717, 1.165) is 41.6 Å². The van der Waals surface area contributed by atoms with Crippen molar-refractivity contribution in [2.75, 3.05) is 34.5 Å². The minimum atomic E-state index is -0.0749. The quantitative estimate of drug-likeness (QED) is 0.355. The molecule has 7 nitrogen and oxygen atoms in total. The van der Waals surface area contributed by atoms with Crippen LogP contribution < -0.4 is 20.1 Å². The maximum Gasteiger partial charge on any atom is 0.251 e. The zero-order valence-electron chi connectivity index (χ0n) is 16.9. The number of halogens is 1. The molecule has 156 valence electrons. The van der Waals surface area contributed by atoms with Crippen molar-refractivity contribution in [3.05, 3.63) is 59.2 Å². The highest BCUT2D eigenvalue weighted by molar-refractivity contribution is 14.0. The van der Waals surface area contributed by atoms with Crippen LogP contribution in [0.25, 0.3) is 0 Å². The first-order valence-electron chi connectivity index (χ1n) is 9.22. The maximum absolute atomic E-state index is 11.8. The van der Waals surface area contributed by atoms with E-state index >= 15 is 0 Å². The fourth-order valence-corrected chi connectivity index (χ4v) is 3.10. The van der Waals surface area contributed by atoms with Gasteiger partial charge < -0.3 is 25.0 Å². The summed E-state index contributed by atoms with van der Waals surface area (Å²) >= 11 is 0. The van der Waals surface area contributed by atoms with Crippen LogP contribution >= 0.6 is 24.0 Å². The first-order valence-corrected chi connectivity index (χ1v) is 9.22. The Hall–Kier alpha value is -2.49. The predicted molar refractivity (Wildman–Crippen MR) is 124 cm³/mol. The number of aliphatic imine (C=N–C) groups is 1. The number of fused-ring (bicyclic) bond motifs is 1. The fraction of sp³-hybridized carbons (Fsp3) is 0.333. The number of nitrogens with zero attached hydrogens (tertiary/aromatic N) is 2. The summed E-state index contributed by atoms with van der Waals surface area (Å²) in [6.45, 7) is 1.69. The van der Waals surface area contributed by atoms with Gasteiger partial charge in [-0.3, -0.25) is 9.79 Å².